The van der Waals surface area contributed by atoms with Gasteiger partial charge in [0.1, 0.15) is 11.4 Å². The number of halogens is 7. The van der Waals surface area contributed by atoms with E-state index in [4.69, 9.17) is 5.73 Å². The van der Waals surface area contributed by atoms with Crippen molar-refractivity contribution in [2.45, 2.75) is 69.4 Å². The fourth-order valence-corrected chi connectivity index (χ4v) is 5.83. The number of rotatable bonds is 8. The molecule has 1 aliphatic rings. The summed E-state index contributed by atoms with van der Waals surface area (Å²) < 4.78 is 95.8. The summed E-state index contributed by atoms with van der Waals surface area (Å²) in [5.74, 6) is -1.90. The van der Waals surface area contributed by atoms with Crippen molar-refractivity contribution < 1.29 is 40.3 Å². The maximum atomic E-state index is 14.1. The van der Waals surface area contributed by atoms with Crippen molar-refractivity contribution in [3.8, 4) is 11.1 Å². The number of primary amides is 1. The molecule has 0 bridgehead atoms. The number of alkyl halides is 6. The lowest BCUT2D eigenvalue weighted by Crippen LogP contribution is -2.51. The smallest absolute Gasteiger partial charge is 0.368 e. The average Bonchev–Trinajstić information content (AvgIpc) is 3.41. The Morgan fingerprint density at radius 3 is 2.13 bits per heavy atom. The maximum Gasteiger partial charge on any atom is 0.416 e. The molecule has 13 heteroatoms. The van der Waals surface area contributed by atoms with Gasteiger partial charge in [0.05, 0.1) is 40.2 Å². The summed E-state index contributed by atoms with van der Waals surface area (Å²) in [7, 11) is 1.33. The Kier molecular flexibility index (Phi) is 9.15. The molecule has 1 aliphatic heterocycles. The van der Waals surface area contributed by atoms with Gasteiger partial charge < -0.3 is 10.6 Å². The second-order valence-electron chi connectivity index (χ2n) is 12.0. The third-order valence-corrected chi connectivity index (χ3v) is 8.52. The van der Waals surface area contributed by atoms with Gasteiger partial charge in [0, 0.05) is 12.6 Å². The van der Waals surface area contributed by atoms with E-state index < -0.39 is 63.7 Å². The van der Waals surface area contributed by atoms with Gasteiger partial charge in [-0.1, -0.05) is 12.1 Å². The first-order valence-corrected chi connectivity index (χ1v) is 14.2. The number of amides is 2. The van der Waals surface area contributed by atoms with E-state index in [1.54, 1.807) is 19.1 Å². The standard InChI is InChI=1S/C33H33F7N4O2/c1-6-10-31(28(41)45)11-9-25(43-31)26-16-24(23-8-7-22(34)12-18(23)2)27(17-42-26)44(5)29(46)30(3,4)19-13-20(32(35,36)37)15-21(14-19)33(38,39)40/h6-8,12-17,25,43H,1,9-11H2,2-5H3,(H2,41,45)/t25?,31-/m0/s1. The topological polar surface area (TPSA) is 88.3 Å². The number of hydrogen-bond acceptors (Lipinski definition) is 4. The van der Waals surface area contributed by atoms with Gasteiger partial charge in [0.2, 0.25) is 11.8 Å². The number of hydrogen-bond donors (Lipinski definition) is 2. The molecule has 6 nitrogen and oxygen atoms in total. The number of nitrogens with zero attached hydrogens (tertiary/aromatic N) is 2. The molecular weight excluding hydrogens is 617 g/mol. The van der Waals surface area contributed by atoms with E-state index >= 15 is 0 Å². The SMILES string of the molecule is C=CC[C@@]1(C(N)=O)CCC(c2cc(-c3ccc(F)cc3C)c(N(C)C(=O)C(C)(C)c3cc(C(F)(F)F)cc(C(F)(F)F)c3)cn2)N1. The molecule has 1 aromatic heterocycles. The van der Waals surface area contributed by atoms with Crippen LogP contribution >= 0.6 is 0 Å². The fraction of sp³-hybridized carbons (Fsp3) is 0.364. The molecule has 4 rings (SSSR count). The molecule has 3 N–H and O–H groups in total. The molecule has 0 aliphatic carbocycles. The van der Waals surface area contributed by atoms with Gasteiger partial charge in [-0.3, -0.25) is 19.9 Å². The Morgan fingerprint density at radius 2 is 1.61 bits per heavy atom. The number of benzene rings is 2. The first kappa shape index (κ1) is 34.6. The number of anilines is 1. The maximum absolute atomic E-state index is 14.1. The quantitative estimate of drug-likeness (QED) is 0.197. The molecule has 0 radical (unpaired) electrons. The molecule has 2 atom stereocenters. The fourth-order valence-electron chi connectivity index (χ4n) is 5.83. The molecule has 2 heterocycles. The van der Waals surface area contributed by atoms with Crippen LogP contribution in [0.15, 0.2) is 61.3 Å². The third-order valence-electron chi connectivity index (χ3n) is 8.52. The minimum atomic E-state index is -5.10. The van der Waals surface area contributed by atoms with Gasteiger partial charge in [-0.05, 0) is 93.1 Å². The largest absolute Gasteiger partial charge is 0.416 e. The van der Waals surface area contributed by atoms with E-state index in [1.165, 1.54) is 45.3 Å². The Balaban J connectivity index is 1.82. The lowest BCUT2D eigenvalue weighted by atomic mass is 9.81. The van der Waals surface area contributed by atoms with Gasteiger partial charge in [-0.15, -0.1) is 6.58 Å². The van der Waals surface area contributed by atoms with Crippen molar-refractivity contribution in [2.24, 2.45) is 5.73 Å². The van der Waals surface area contributed by atoms with E-state index in [2.05, 4.69) is 16.9 Å². The van der Waals surface area contributed by atoms with Crippen molar-refractivity contribution in [3.63, 3.8) is 0 Å². The highest BCUT2D eigenvalue weighted by atomic mass is 19.4. The molecule has 0 spiro atoms. The lowest BCUT2D eigenvalue weighted by Gasteiger charge is -2.32. The number of aryl methyl sites for hydroxylation is 1. The van der Waals surface area contributed by atoms with Crippen LogP contribution in [0.5, 0.6) is 0 Å². The summed E-state index contributed by atoms with van der Waals surface area (Å²) in [6.07, 6.45) is -6.11. The highest BCUT2D eigenvalue weighted by Gasteiger charge is 2.44. The van der Waals surface area contributed by atoms with Gasteiger partial charge in [0.15, 0.2) is 0 Å². The highest BCUT2D eigenvalue weighted by molar-refractivity contribution is 6.03. The van der Waals surface area contributed by atoms with Crippen LogP contribution < -0.4 is 16.0 Å². The van der Waals surface area contributed by atoms with Crippen LogP contribution in [0.25, 0.3) is 11.1 Å². The van der Waals surface area contributed by atoms with Gasteiger partial charge in [-0.2, -0.15) is 26.3 Å². The summed E-state index contributed by atoms with van der Waals surface area (Å²) in [6.45, 7) is 7.81. The van der Waals surface area contributed by atoms with Crippen LogP contribution in [-0.4, -0.2) is 29.4 Å². The lowest BCUT2D eigenvalue weighted by molar-refractivity contribution is -0.143. The van der Waals surface area contributed by atoms with E-state index in [0.29, 0.717) is 47.4 Å². The first-order valence-electron chi connectivity index (χ1n) is 14.2. The van der Waals surface area contributed by atoms with E-state index in [-0.39, 0.29) is 18.2 Å². The molecule has 3 aromatic rings. The zero-order chi connectivity index (χ0) is 34.4. The normalized spacial score (nSPS) is 18.8. The summed E-state index contributed by atoms with van der Waals surface area (Å²) in [5, 5.41) is 3.24. The van der Waals surface area contributed by atoms with Crippen LogP contribution in [-0.2, 0) is 27.4 Å². The van der Waals surface area contributed by atoms with E-state index in [9.17, 15) is 40.3 Å². The predicted molar refractivity (Wildman–Crippen MR) is 159 cm³/mol. The third kappa shape index (κ3) is 6.64. The van der Waals surface area contributed by atoms with Crippen molar-refractivity contribution in [3.05, 3.63) is 95.1 Å². The number of carbonyl (C=O) groups excluding carboxylic acids is 2. The van der Waals surface area contributed by atoms with Gasteiger partial charge in [-0.25, -0.2) is 4.39 Å². The Bertz CT molecular complexity index is 1650. The average molecular weight is 651 g/mol. The molecule has 1 fully saturated rings. The Labute approximate surface area is 261 Å². The zero-order valence-corrected chi connectivity index (χ0v) is 25.5. The first-order chi connectivity index (χ1) is 21.2. The predicted octanol–water partition coefficient (Wildman–Crippen LogP) is 7.40. The minimum Gasteiger partial charge on any atom is -0.368 e. The number of nitrogens with one attached hydrogen (secondary N) is 1. The number of pyridine rings is 1. The van der Waals surface area contributed by atoms with Crippen LogP contribution in [0, 0.1) is 12.7 Å². The molecule has 2 amide bonds. The monoisotopic (exact) mass is 650 g/mol. The molecule has 2 aromatic carbocycles. The molecule has 1 unspecified atom stereocenters. The second kappa shape index (κ2) is 12.2. The van der Waals surface area contributed by atoms with Gasteiger partial charge in [0.25, 0.3) is 0 Å². The summed E-state index contributed by atoms with van der Waals surface area (Å²) >= 11 is 0. The van der Waals surface area contributed by atoms with Crippen LogP contribution in [0.3, 0.4) is 0 Å². The van der Waals surface area contributed by atoms with Crippen molar-refractivity contribution >= 4 is 17.5 Å². The number of carbonyl (C=O) groups is 2. The molecule has 46 heavy (non-hydrogen) atoms. The summed E-state index contributed by atoms with van der Waals surface area (Å²) in [4.78, 5) is 31.9. The Hall–Kier alpha value is -4.26. The van der Waals surface area contributed by atoms with Crippen molar-refractivity contribution in [2.75, 3.05) is 11.9 Å². The minimum absolute atomic E-state index is 0.00482. The molecular formula is C33H33F7N4O2. The number of likely N-dealkylation sites (N-methyl/N-ethyl adjacent to an activating group) is 1. The molecule has 246 valence electrons. The highest BCUT2D eigenvalue weighted by Crippen LogP contribution is 2.42. The van der Waals surface area contributed by atoms with Gasteiger partial charge >= 0.3 is 12.4 Å². The van der Waals surface area contributed by atoms with E-state index in [0.717, 1.165) is 4.90 Å². The van der Waals surface area contributed by atoms with Crippen LogP contribution in [0.4, 0.5) is 36.4 Å². The zero-order valence-electron chi connectivity index (χ0n) is 25.5. The van der Waals surface area contributed by atoms with Crippen molar-refractivity contribution in [1.82, 2.24) is 10.3 Å². The van der Waals surface area contributed by atoms with Crippen LogP contribution in [0.1, 0.15) is 67.1 Å². The number of aromatic nitrogens is 1. The second-order valence-corrected chi connectivity index (χ2v) is 12.0. The van der Waals surface area contributed by atoms with Crippen molar-refractivity contribution in [1.29, 1.82) is 0 Å². The van der Waals surface area contributed by atoms with Crippen LogP contribution in [0.2, 0.25) is 0 Å². The Morgan fingerprint density at radius 1 is 1.02 bits per heavy atom. The summed E-state index contributed by atoms with van der Waals surface area (Å²) in [6, 6.07) is 6.28. The number of nitrogens with two attached hydrogens (primary N) is 1. The molecule has 0 saturated carbocycles. The van der Waals surface area contributed by atoms with E-state index in [1.807, 2.05) is 0 Å². The summed E-state index contributed by atoms with van der Waals surface area (Å²) in [5.41, 5.74) is 1.24. The molecule has 1 saturated heterocycles.